The molecule has 0 aromatic heterocycles. The Hall–Kier alpha value is -1.60. The molecule has 0 aliphatic heterocycles. The molecule has 0 spiro atoms. The highest BCUT2D eigenvalue weighted by atomic mass is 15.1. The van der Waals surface area contributed by atoms with Crippen molar-refractivity contribution in [1.82, 2.24) is 4.90 Å². The molecule has 0 bridgehead atoms. The first kappa shape index (κ1) is 19.4. The molecular weight excluding hydrogens is 278 g/mol. The maximum atomic E-state index is 4.09. The van der Waals surface area contributed by atoms with Crippen molar-refractivity contribution in [1.29, 1.82) is 0 Å². The molecular formula is C22H33N. The molecule has 1 aromatic rings. The van der Waals surface area contributed by atoms with E-state index >= 15 is 0 Å². The Bertz CT molecular complexity index is 510. The fourth-order valence-corrected chi connectivity index (χ4v) is 2.82. The SMILES string of the molecule is C=C(C)C1CC=C(CN(C)C/C=C/c2ccccc2)CC1.CC. The van der Waals surface area contributed by atoms with Gasteiger partial charge in [-0.2, -0.15) is 0 Å². The second-order valence-electron chi connectivity index (χ2n) is 6.19. The number of allylic oxidation sites excluding steroid dienone is 2. The quantitative estimate of drug-likeness (QED) is 0.586. The fourth-order valence-electron chi connectivity index (χ4n) is 2.82. The monoisotopic (exact) mass is 311 g/mol. The number of benzene rings is 1. The predicted molar refractivity (Wildman–Crippen MR) is 105 cm³/mol. The van der Waals surface area contributed by atoms with E-state index in [1.165, 1.54) is 30.4 Å². The zero-order valence-corrected chi connectivity index (χ0v) is 15.4. The molecule has 1 unspecified atom stereocenters. The molecule has 0 saturated heterocycles. The molecule has 1 aliphatic rings. The summed E-state index contributed by atoms with van der Waals surface area (Å²) in [6.45, 7) is 12.3. The summed E-state index contributed by atoms with van der Waals surface area (Å²) in [6.07, 6.45) is 10.6. The van der Waals surface area contributed by atoms with E-state index < -0.39 is 0 Å². The van der Waals surface area contributed by atoms with Crippen LogP contribution in [0.2, 0.25) is 0 Å². The first-order valence-electron chi connectivity index (χ1n) is 8.88. The Balaban J connectivity index is 0.00000127. The van der Waals surface area contributed by atoms with Crippen LogP contribution in [0.4, 0.5) is 0 Å². The van der Waals surface area contributed by atoms with Crippen LogP contribution >= 0.6 is 0 Å². The molecule has 0 amide bonds. The van der Waals surface area contributed by atoms with Crippen LogP contribution in [0.3, 0.4) is 0 Å². The van der Waals surface area contributed by atoms with Gasteiger partial charge in [-0.1, -0.05) is 80.1 Å². The largest absolute Gasteiger partial charge is 0.299 e. The smallest absolute Gasteiger partial charge is 0.0193 e. The van der Waals surface area contributed by atoms with Crippen LogP contribution in [-0.2, 0) is 0 Å². The molecule has 1 nitrogen and oxygen atoms in total. The molecule has 0 radical (unpaired) electrons. The maximum absolute atomic E-state index is 4.09. The van der Waals surface area contributed by atoms with Gasteiger partial charge in [-0.25, -0.2) is 0 Å². The van der Waals surface area contributed by atoms with E-state index in [1.807, 2.05) is 13.8 Å². The van der Waals surface area contributed by atoms with Gasteiger partial charge in [0, 0.05) is 13.1 Å². The van der Waals surface area contributed by atoms with Crippen LogP contribution < -0.4 is 0 Å². The summed E-state index contributed by atoms with van der Waals surface area (Å²) >= 11 is 0. The standard InChI is InChI=1S/C20H27N.C2H6/c1-17(2)20-13-11-19(12-14-20)16-21(3)15-7-10-18-8-5-4-6-9-18;1-2/h4-11,20H,1,12-16H2,2-3H3;1-2H3/b10-7+;. The average Bonchev–Trinajstić information content (AvgIpc) is 2.58. The lowest BCUT2D eigenvalue weighted by Gasteiger charge is -2.24. The van der Waals surface area contributed by atoms with Crippen molar-refractivity contribution < 1.29 is 0 Å². The van der Waals surface area contributed by atoms with Gasteiger partial charge in [0.15, 0.2) is 0 Å². The van der Waals surface area contributed by atoms with E-state index in [-0.39, 0.29) is 0 Å². The van der Waals surface area contributed by atoms with E-state index in [4.69, 9.17) is 0 Å². The van der Waals surface area contributed by atoms with Crippen molar-refractivity contribution in [2.45, 2.75) is 40.0 Å². The van der Waals surface area contributed by atoms with Crippen LogP contribution in [0.15, 0.2) is 60.2 Å². The van der Waals surface area contributed by atoms with Crippen LogP contribution in [0.1, 0.15) is 45.6 Å². The highest BCUT2D eigenvalue weighted by Crippen LogP contribution is 2.28. The highest BCUT2D eigenvalue weighted by Gasteiger charge is 2.15. The topological polar surface area (TPSA) is 3.24 Å². The highest BCUT2D eigenvalue weighted by molar-refractivity contribution is 5.48. The van der Waals surface area contributed by atoms with Crippen molar-refractivity contribution in [2.75, 3.05) is 20.1 Å². The van der Waals surface area contributed by atoms with Crippen LogP contribution in [0.25, 0.3) is 6.08 Å². The minimum atomic E-state index is 0.706. The minimum Gasteiger partial charge on any atom is -0.299 e. The molecule has 0 heterocycles. The third kappa shape index (κ3) is 7.47. The second kappa shape index (κ2) is 11.0. The molecule has 23 heavy (non-hydrogen) atoms. The lowest BCUT2D eigenvalue weighted by Crippen LogP contribution is -2.22. The normalized spacial score (nSPS) is 17.6. The molecule has 1 heteroatoms. The zero-order chi connectivity index (χ0) is 17.1. The summed E-state index contributed by atoms with van der Waals surface area (Å²) in [5.74, 6) is 0.706. The Morgan fingerprint density at radius 1 is 1.26 bits per heavy atom. The number of likely N-dealkylation sites (N-methyl/N-ethyl adjacent to an activating group) is 1. The zero-order valence-electron chi connectivity index (χ0n) is 15.4. The van der Waals surface area contributed by atoms with Gasteiger partial charge in [-0.15, -0.1) is 0 Å². The van der Waals surface area contributed by atoms with Crippen LogP contribution in [0, 0.1) is 5.92 Å². The van der Waals surface area contributed by atoms with E-state index in [0.29, 0.717) is 5.92 Å². The van der Waals surface area contributed by atoms with E-state index in [1.54, 1.807) is 5.57 Å². The van der Waals surface area contributed by atoms with E-state index in [0.717, 1.165) is 13.1 Å². The lowest BCUT2D eigenvalue weighted by atomic mass is 9.85. The summed E-state index contributed by atoms with van der Waals surface area (Å²) in [7, 11) is 2.20. The molecule has 1 atom stereocenters. The van der Waals surface area contributed by atoms with Crippen LogP contribution in [-0.4, -0.2) is 25.0 Å². The van der Waals surface area contributed by atoms with Gasteiger partial charge in [-0.05, 0) is 44.7 Å². The van der Waals surface area contributed by atoms with Gasteiger partial charge in [-0.3, -0.25) is 4.90 Å². The molecule has 126 valence electrons. The first-order chi connectivity index (χ1) is 11.1. The van der Waals surface area contributed by atoms with Crippen molar-refractivity contribution in [3.63, 3.8) is 0 Å². The van der Waals surface area contributed by atoms with Gasteiger partial charge < -0.3 is 0 Å². The van der Waals surface area contributed by atoms with Gasteiger partial charge in [0.25, 0.3) is 0 Å². The summed E-state index contributed by atoms with van der Waals surface area (Å²) < 4.78 is 0. The van der Waals surface area contributed by atoms with Crippen molar-refractivity contribution in [3.05, 3.63) is 65.8 Å². The molecule has 0 saturated carbocycles. The maximum Gasteiger partial charge on any atom is 0.0193 e. The number of rotatable bonds is 6. The Labute approximate surface area is 143 Å². The predicted octanol–water partition coefficient (Wildman–Crippen LogP) is 5.96. The summed E-state index contributed by atoms with van der Waals surface area (Å²) in [6, 6.07) is 10.5. The van der Waals surface area contributed by atoms with Crippen molar-refractivity contribution in [2.24, 2.45) is 5.92 Å². The first-order valence-corrected chi connectivity index (χ1v) is 8.88. The molecule has 0 fully saturated rings. The third-order valence-electron chi connectivity index (χ3n) is 4.20. The molecule has 2 rings (SSSR count). The van der Waals surface area contributed by atoms with E-state index in [9.17, 15) is 0 Å². The fraction of sp³-hybridized carbons (Fsp3) is 0.455. The number of nitrogens with zero attached hydrogens (tertiary/aromatic N) is 1. The number of hydrogen-bond acceptors (Lipinski definition) is 1. The Morgan fingerprint density at radius 3 is 2.52 bits per heavy atom. The summed E-state index contributed by atoms with van der Waals surface area (Å²) in [5, 5.41) is 0. The average molecular weight is 312 g/mol. The van der Waals surface area contributed by atoms with Crippen molar-refractivity contribution in [3.8, 4) is 0 Å². The molecule has 1 aromatic carbocycles. The second-order valence-corrected chi connectivity index (χ2v) is 6.19. The Morgan fingerprint density at radius 2 is 1.96 bits per heavy atom. The van der Waals surface area contributed by atoms with Gasteiger partial charge in [0.05, 0.1) is 0 Å². The van der Waals surface area contributed by atoms with Gasteiger partial charge in [0.2, 0.25) is 0 Å². The summed E-state index contributed by atoms with van der Waals surface area (Å²) in [4.78, 5) is 2.38. The van der Waals surface area contributed by atoms with Gasteiger partial charge >= 0.3 is 0 Å². The minimum absolute atomic E-state index is 0.706. The van der Waals surface area contributed by atoms with Crippen molar-refractivity contribution >= 4 is 6.08 Å². The van der Waals surface area contributed by atoms with Gasteiger partial charge in [0.1, 0.15) is 0 Å². The molecule has 0 N–H and O–H groups in total. The lowest BCUT2D eigenvalue weighted by molar-refractivity contribution is 0.388. The Kier molecular flexibility index (Phi) is 9.31. The molecule has 1 aliphatic carbocycles. The number of hydrogen-bond donors (Lipinski definition) is 0. The van der Waals surface area contributed by atoms with Crippen LogP contribution in [0.5, 0.6) is 0 Å². The summed E-state index contributed by atoms with van der Waals surface area (Å²) in [5.41, 5.74) is 4.19. The third-order valence-corrected chi connectivity index (χ3v) is 4.20. The van der Waals surface area contributed by atoms with E-state index in [2.05, 4.69) is 74.0 Å².